The minimum absolute atomic E-state index is 0.0158. The van der Waals surface area contributed by atoms with E-state index in [1.54, 1.807) is 41.5 Å². The summed E-state index contributed by atoms with van der Waals surface area (Å²) in [6, 6.07) is 0. The molecule has 0 unspecified atom stereocenters. The molecular formula is C15H28N2O6. The Kier molecular flexibility index (Phi) is 8.78. The number of aliphatic imine (C=N–C) groups is 1. The molecule has 0 radical (unpaired) electrons. The summed E-state index contributed by atoms with van der Waals surface area (Å²) >= 11 is 0. The first-order chi connectivity index (χ1) is 10.4. The van der Waals surface area contributed by atoms with Crippen molar-refractivity contribution in [2.45, 2.75) is 59.2 Å². The Morgan fingerprint density at radius 1 is 1.04 bits per heavy atom. The van der Waals surface area contributed by atoms with Gasteiger partial charge in [0.05, 0.1) is 0 Å². The van der Waals surface area contributed by atoms with Crippen molar-refractivity contribution in [3.63, 3.8) is 0 Å². The summed E-state index contributed by atoms with van der Waals surface area (Å²) in [6.07, 6.45) is -1.15. The molecule has 23 heavy (non-hydrogen) atoms. The number of nitrogens with zero attached hydrogens (tertiary/aromatic N) is 1. The van der Waals surface area contributed by atoms with Crippen LogP contribution in [0.3, 0.4) is 0 Å². The van der Waals surface area contributed by atoms with E-state index in [9.17, 15) is 9.59 Å². The Morgan fingerprint density at radius 3 is 2.09 bits per heavy atom. The molecule has 0 aromatic carbocycles. The molecule has 0 saturated heterocycles. The molecular weight excluding hydrogens is 304 g/mol. The normalized spacial score (nSPS) is 12.7. The summed E-state index contributed by atoms with van der Waals surface area (Å²) in [6.45, 7) is 10.4. The van der Waals surface area contributed by atoms with Gasteiger partial charge in [-0.05, 0) is 48.0 Å². The van der Waals surface area contributed by atoms with Gasteiger partial charge in [-0.15, -0.1) is 0 Å². The topological polar surface area (TPSA) is 106 Å². The molecule has 134 valence electrons. The average molecular weight is 332 g/mol. The maximum Gasteiger partial charge on any atom is 0.435 e. The molecule has 0 heterocycles. The lowest BCUT2D eigenvalue weighted by molar-refractivity contribution is 0.0554. The predicted molar refractivity (Wildman–Crippen MR) is 85.6 cm³/mol. The molecule has 0 aromatic heterocycles. The van der Waals surface area contributed by atoms with E-state index in [2.05, 4.69) is 10.3 Å². The third-order valence-electron chi connectivity index (χ3n) is 1.95. The van der Waals surface area contributed by atoms with Gasteiger partial charge < -0.3 is 19.3 Å². The zero-order valence-electron chi connectivity index (χ0n) is 14.8. The van der Waals surface area contributed by atoms with E-state index in [4.69, 9.17) is 19.3 Å². The van der Waals surface area contributed by atoms with Crippen molar-refractivity contribution in [3.05, 3.63) is 0 Å². The number of ether oxygens (including phenoxy) is 3. The van der Waals surface area contributed by atoms with Crippen LogP contribution in [0.1, 0.15) is 48.0 Å². The van der Waals surface area contributed by atoms with Gasteiger partial charge in [0.25, 0.3) is 0 Å². The van der Waals surface area contributed by atoms with E-state index in [-0.39, 0.29) is 25.7 Å². The van der Waals surface area contributed by atoms with E-state index < -0.39 is 23.4 Å². The molecule has 0 saturated carbocycles. The fourth-order valence-electron chi connectivity index (χ4n) is 1.25. The van der Waals surface area contributed by atoms with Gasteiger partial charge in [-0.3, -0.25) is 5.32 Å². The minimum atomic E-state index is -0.839. The van der Waals surface area contributed by atoms with E-state index in [0.29, 0.717) is 6.42 Å². The Hall–Kier alpha value is -1.67. The molecule has 2 amide bonds. The second kappa shape index (κ2) is 9.46. The number of nitrogens with one attached hydrogen (secondary N) is 1. The number of amidine groups is 1. The summed E-state index contributed by atoms with van der Waals surface area (Å²) in [5, 5.41) is 11.1. The summed E-state index contributed by atoms with van der Waals surface area (Å²) in [5.41, 5.74) is -1.38. The maximum atomic E-state index is 11.8. The second-order valence-electron chi connectivity index (χ2n) is 6.80. The zero-order valence-corrected chi connectivity index (χ0v) is 14.8. The molecule has 0 bridgehead atoms. The quantitative estimate of drug-likeness (QED) is 0.454. The molecule has 0 aliphatic heterocycles. The van der Waals surface area contributed by atoms with Crippen LogP contribution in [-0.2, 0) is 14.2 Å². The van der Waals surface area contributed by atoms with Crippen LogP contribution < -0.4 is 5.32 Å². The number of hydrogen-bond donors (Lipinski definition) is 2. The number of carbonyl (C=O) groups is 2. The number of rotatable bonds is 5. The number of amides is 2. The van der Waals surface area contributed by atoms with Gasteiger partial charge in [0.2, 0.25) is 0 Å². The highest BCUT2D eigenvalue weighted by atomic mass is 16.6. The Labute approximate surface area is 137 Å². The first-order valence-corrected chi connectivity index (χ1v) is 7.42. The molecule has 0 aliphatic rings. The molecule has 0 atom stereocenters. The van der Waals surface area contributed by atoms with Crippen molar-refractivity contribution in [3.8, 4) is 0 Å². The summed E-state index contributed by atoms with van der Waals surface area (Å²) in [4.78, 5) is 27.2. The summed E-state index contributed by atoms with van der Waals surface area (Å²) < 4.78 is 15.4. The third kappa shape index (κ3) is 13.7. The average Bonchev–Trinajstić information content (AvgIpc) is 2.29. The highest BCUT2D eigenvalue weighted by molar-refractivity contribution is 6.00. The molecule has 0 spiro atoms. The van der Waals surface area contributed by atoms with E-state index >= 15 is 0 Å². The van der Waals surface area contributed by atoms with E-state index in [0.717, 1.165) is 0 Å². The Bertz CT molecular complexity index is 421. The highest BCUT2D eigenvalue weighted by Crippen LogP contribution is 2.09. The fourth-order valence-corrected chi connectivity index (χ4v) is 1.25. The Morgan fingerprint density at radius 2 is 1.61 bits per heavy atom. The van der Waals surface area contributed by atoms with Crippen molar-refractivity contribution in [1.82, 2.24) is 5.32 Å². The SMILES string of the molecule is CC(C)(C)OC(=O)N=C(COCCCO)NC(=O)OC(C)(C)C. The van der Waals surface area contributed by atoms with Gasteiger partial charge in [0, 0.05) is 13.2 Å². The summed E-state index contributed by atoms with van der Waals surface area (Å²) in [7, 11) is 0. The van der Waals surface area contributed by atoms with Crippen LogP contribution in [-0.4, -0.2) is 54.2 Å². The fraction of sp³-hybridized carbons (Fsp3) is 0.800. The van der Waals surface area contributed by atoms with Crippen LogP contribution in [0.5, 0.6) is 0 Å². The predicted octanol–water partition coefficient (Wildman–Crippen LogP) is 2.24. The molecule has 0 fully saturated rings. The van der Waals surface area contributed by atoms with Crippen molar-refractivity contribution in [1.29, 1.82) is 0 Å². The van der Waals surface area contributed by atoms with Gasteiger partial charge in [0.15, 0.2) is 0 Å². The summed E-state index contributed by atoms with van der Waals surface area (Å²) in [5.74, 6) is -0.0218. The van der Waals surface area contributed by atoms with E-state index in [1.807, 2.05) is 0 Å². The number of aliphatic hydroxyl groups excluding tert-OH is 1. The number of aliphatic hydroxyl groups is 1. The van der Waals surface area contributed by atoms with Crippen molar-refractivity contribution in [2.24, 2.45) is 4.99 Å². The molecule has 0 aromatic rings. The van der Waals surface area contributed by atoms with Crippen LogP contribution in [0.4, 0.5) is 9.59 Å². The van der Waals surface area contributed by atoms with Gasteiger partial charge in [0.1, 0.15) is 23.6 Å². The maximum absolute atomic E-state index is 11.8. The lowest BCUT2D eigenvalue weighted by Crippen LogP contribution is -2.39. The molecule has 2 N–H and O–H groups in total. The minimum Gasteiger partial charge on any atom is -0.444 e. The lowest BCUT2D eigenvalue weighted by atomic mass is 10.2. The molecule has 0 rings (SSSR count). The molecule has 8 nitrogen and oxygen atoms in total. The van der Waals surface area contributed by atoms with Crippen molar-refractivity contribution < 1.29 is 28.9 Å². The number of alkyl carbamates (subject to hydrolysis) is 1. The van der Waals surface area contributed by atoms with Crippen LogP contribution >= 0.6 is 0 Å². The monoisotopic (exact) mass is 332 g/mol. The first kappa shape index (κ1) is 21.3. The Balaban J connectivity index is 4.79. The highest BCUT2D eigenvalue weighted by Gasteiger charge is 2.20. The number of hydrogen-bond acceptors (Lipinski definition) is 6. The molecule has 0 aliphatic carbocycles. The van der Waals surface area contributed by atoms with Crippen LogP contribution in [0.15, 0.2) is 4.99 Å². The number of carbonyl (C=O) groups excluding carboxylic acids is 2. The first-order valence-electron chi connectivity index (χ1n) is 7.42. The largest absolute Gasteiger partial charge is 0.444 e. The lowest BCUT2D eigenvalue weighted by Gasteiger charge is -2.20. The van der Waals surface area contributed by atoms with Crippen molar-refractivity contribution in [2.75, 3.05) is 19.8 Å². The standard InChI is InChI=1S/C15H28N2O6/c1-14(2,3)22-12(19)16-11(10-21-9-7-8-18)17-13(20)23-15(4,5)6/h18H,7-10H2,1-6H3,(H,16,17,19,20). The van der Waals surface area contributed by atoms with E-state index in [1.165, 1.54) is 0 Å². The van der Waals surface area contributed by atoms with Crippen molar-refractivity contribution >= 4 is 18.0 Å². The second-order valence-corrected chi connectivity index (χ2v) is 6.80. The van der Waals surface area contributed by atoms with Gasteiger partial charge in [-0.2, -0.15) is 4.99 Å². The van der Waals surface area contributed by atoms with Gasteiger partial charge in [-0.25, -0.2) is 9.59 Å². The van der Waals surface area contributed by atoms with Gasteiger partial charge in [-0.1, -0.05) is 0 Å². The van der Waals surface area contributed by atoms with Crippen LogP contribution in [0, 0.1) is 0 Å². The molecule has 8 heteroatoms. The van der Waals surface area contributed by atoms with Crippen LogP contribution in [0.2, 0.25) is 0 Å². The zero-order chi connectivity index (χ0) is 18.1. The third-order valence-corrected chi connectivity index (χ3v) is 1.95. The smallest absolute Gasteiger partial charge is 0.435 e. The van der Waals surface area contributed by atoms with Crippen LogP contribution in [0.25, 0.3) is 0 Å². The van der Waals surface area contributed by atoms with Gasteiger partial charge >= 0.3 is 12.2 Å².